The molecular formula is C6H13NO. The van der Waals surface area contributed by atoms with E-state index in [0.717, 1.165) is 12.8 Å². The van der Waals surface area contributed by atoms with E-state index in [2.05, 4.69) is 11.6 Å². The maximum atomic E-state index is 8.09. The number of hydroxylamine groups is 1. The molecule has 0 aliphatic heterocycles. The lowest BCUT2D eigenvalue weighted by Gasteiger charge is -1.90. The molecule has 0 aromatic rings. The van der Waals surface area contributed by atoms with E-state index in [1.165, 1.54) is 0 Å². The lowest BCUT2D eigenvalue weighted by Crippen LogP contribution is -2.07. The van der Waals surface area contributed by atoms with Gasteiger partial charge in [-0.05, 0) is 19.8 Å². The average Bonchev–Trinajstić information content (AvgIpc) is 1.81. The fraction of sp³-hybridized carbons (Fsp3) is 0.667. The smallest absolute Gasteiger partial charge is 0.0210 e. The van der Waals surface area contributed by atoms with Crippen molar-refractivity contribution in [3.63, 3.8) is 0 Å². The molecule has 2 N–H and O–H groups in total. The van der Waals surface area contributed by atoms with Crippen LogP contribution in [-0.2, 0) is 0 Å². The Balaban J connectivity index is 2.72. The molecule has 0 aliphatic carbocycles. The van der Waals surface area contributed by atoms with Crippen molar-refractivity contribution < 1.29 is 5.21 Å². The Bertz CT molecular complexity index is 61.5. The van der Waals surface area contributed by atoms with Gasteiger partial charge in [-0.1, -0.05) is 12.2 Å². The maximum Gasteiger partial charge on any atom is 0.0210 e. The van der Waals surface area contributed by atoms with Crippen molar-refractivity contribution in [3.05, 3.63) is 12.2 Å². The van der Waals surface area contributed by atoms with Gasteiger partial charge < -0.3 is 5.21 Å². The molecule has 0 amide bonds. The summed E-state index contributed by atoms with van der Waals surface area (Å²) in [5, 5.41) is 8.09. The fourth-order valence-corrected chi connectivity index (χ4v) is 0.466. The molecule has 0 aromatic heterocycles. The van der Waals surface area contributed by atoms with Gasteiger partial charge in [0.1, 0.15) is 0 Å². The van der Waals surface area contributed by atoms with Crippen LogP contribution in [0.5, 0.6) is 0 Å². The predicted molar refractivity (Wildman–Crippen MR) is 33.8 cm³/mol. The van der Waals surface area contributed by atoms with Crippen molar-refractivity contribution in [3.8, 4) is 0 Å². The quantitative estimate of drug-likeness (QED) is 0.329. The highest BCUT2D eigenvalue weighted by atomic mass is 16.5. The topological polar surface area (TPSA) is 32.3 Å². The van der Waals surface area contributed by atoms with Crippen molar-refractivity contribution in [2.75, 3.05) is 6.54 Å². The molecule has 0 bridgehead atoms. The van der Waals surface area contributed by atoms with Crippen LogP contribution in [0.15, 0.2) is 12.2 Å². The molecule has 0 saturated carbocycles. The third-order valence-electron chi connectivity index (χ3n) is 0.895. The van der Waals surface area contributed by atoms with Crippen LogP contribution >= 0.6 is 0 Å². The summed E-state index contributed by atoms with van der Waals surface area (Å²) in [6.07, 6.45) is 6.14. The first kappa shape index (κ1) is 7.66. The summed E-state index contributed by atoms with van der Waals surface area (Å²) in [7, 11) is 0. The Morgan fingerprint density at radius 1 is 1.62 bits per heavy atom. The molecule has 0 aromatic carbocycles. The van der Waals surface area contributed by atoms with Crippen molar-refractivity contribution >= 4 is 0 Å². The highest BCUT2D eigenvalue weighted by molar-refractivity contribution is 4.76. The zero-order chi connectivity index (χ0) is 6.24. The Morgan fingerprint density at radius 2 is 2.38 bits per heavy atom. The van der Waals surface area contributed by atoms with Crippen molar-refractivity contribution in [1.29, 1.82) is 0 Å². The van der Waals surface area contributed by atoms with E-state index < -0.39 is 0 Å². The first-order chi connectivity index (χ1) is 3.91. The molecule has 48 valence electrons. The van der Waals surface area contributed by atoms with Gasteiger partial charge in [-0.25, -0.2) is 5.48 Å². The molecular weight excluding hydrogens is 102 g/mol. The second-order valence-electron chi connectivity index (χ2n) is 1.62. The lowest BCUT2D eigenvalue weighted by atomic mass is 10.3. The zero-order valence-electron chi connectivity index (χ0n) is 5.22. The average molecular weight is 115 g/mol. The van der Waals surface area contributed by atoms with Crippen LogP contribution < -0.4 is 5.48 Å². The minimum absolute atomic E-state index is 0.685. The molecule has 0 saturated heterocycles. The van der Waals surface area contributed by atoms with Crippen LogP contribution in [-0.4, -0.2) is 11.8 Å². The molecule has 0 unspecified atom stereocenters. The third kappa shape index (κ3) is 5.66. The van der Waals surface area contributed by atoms with Crippen LogP contribution in [0.4, 0.5) is 0 Å². The molecule has 0 rings (SSSR count). The number of nitrogens with one attached hydrogen (secondary N) is 1. The molecule has 0 aliphatic rings. The first-order valence-electron chi connectivity index (χ1n) is 2.90. The molecule has 2 nitrogen and oxygen atoms in total. The van der Waals surface area contributed by atoms with Crippen molar-refractivity contribution in [2.24, 2.45) is 0 Å². The number of rotatable bonds is 4. The van der Waals surface area contributed by atoms with Crippen LogP contribution in [0, 0.1) is 0 Å². The molecule has 2 heteroatoms. The number of allylic oxidation sites excluding steroid dienone is 2. The molecule has 0 atom stereocenters. The molecule has 0 fully saturated rings. The van der Waals surface area contributed by atoms with Gasteiger partial charge in [0.05, 0.1) is 0 Å². The second-order valence-corrected chi connectivity index (χ2v) is 1.62. The summed E-state index contributed by atoms with van der Waals surface area (Å²) in [6, 6.07) is 0. The zero-order valence-corrected chi connectivity index (χ0v) is 5.22. The van der Waals surface area contributed by atoms with Crippen molar-refractivity contribution in [2.45, 2.75) is 19.8 Å². The van der Waals surface area contributed by atoms with Crippen LogP contribution in [0.25, 0.3) is 0 Å². The third-order valence-corrected chi connectivity index (χ3v) is 0.895. The number of hydrogen-bond acceptors (Lipinski definition) is 2. The van der Waals surface area contributed by atoms with E-state index in [1.807, 2.05) is 13.0 Å². The molecule has 8 heavy (non-hydrogen) atoms. The van der Waals surface area contributed by atoms with E-state index in [9.17, 15) is 0 Å². The molecule has 0 heterocycles. The largest absolute Gasteiger partial charge is 0.317 e. The highest BCUT2D eigenvalue weighted by Crippen LogP contribution is 1.86. The molecule has 0 spiro atoms. The van der Waals surface area contributed by atoms with Gasteiger partial charge in [0.15, 0.2) is 0 Å². The van der Waals surface area contributed by atoms with Gasteiger partial charge in [0.2, 0.25) is 0 Å². The lowest BCUT2D eigenvalue weighted by molar-refractivity contribution is 0.166. The Labute approximate surface area is 50.2 Å². The first-order valence-corrected chi connectivity index (χ1v) is 2.90. The summed E-state index contributed by atoms with van der Waals surface area (Å²) in [6.45, 7) is 2.68. The summed E-state index contributed by atoms with van der Waals surface area (Å²) in [5.74, 6) is 0. The van der Waals surface area contributed by atoms with E-state index in [4.69, 9.17) is 5.21 Å². The minimum atomic E-state index is 0.685. The number of unbranched alkanes of at least 4 members (excludes halogenated alkanes) is 1. The van der Waals surface area contributed by atoms with Crippen LogP contribution in [0.2, 0.25) is 0 Å². The normalized spacial score (nSPS) is 10.8. The van der Waals surface area contributed by atoms with Crippen LogP contribution in [0.1, 0.15) is 19.8 Å². The van der Waals surface area contributed by atoms with E-state index in [1.54, 1.807) is 0 Å². The highest BCUT2D eigenvalue weighted by Gasteiger charge is 1.78. The Hall–Kier alpha value is -0.340. The minimum Gasteiger partial charge on any atom is -0.317 e. The monoisotopic (exact) mass is 115 g/mol. The van der Waals surface area contributed by atoms with Gasteiger partial charge in [0, 0.05) is 6.54 Å². The summed E-state index contributed by atoms with van der Waals surface area (Å²) in [5.41, 5.74) is 2.09. The fourth-order valence-electron chi connectivity index (χ4n) is 0.466. The summed E-state index contributed by atoms with van der Waals surface area (Å²) >= 11 is 0. The number of hydrogen-bond donors (Lipinski definition) is 2. The summed E-state index contributed by atoms with van der Waals surface area (Å²) < 4.78 is 0. The molecule has 0 radical (unpaired) electrons. The van der Waals surface area contributed by atoms with Gasteiger partial charge >= 0.3 is 0 Å². The van der Waals surface area contributed by atoms with E-state index >= 15 is 0 Å². The van der Waals surface area contributed by atoms with Gasteiger partial charge in [-0.3, -0.25) is 0 Å². The second kappa shape index (κ2) is 6.66. The SMILES string of the molecule is C/C=C/CCCNO. The van der Waals surface area contributed by atoms with Gasteiger partial charge in [-0.2, -0.15) is 0 Å². The van der Waals surface area contributed by atoms with Gasteiger partial charge in [0.25, 0.3) is 0 Å². The standard InChI is InChI=1S/C6H13NO/c1-2-3-4-5-6-7-8/h2-3,7-8H,4-6H2,1H3/b3-2+. The summed E-state index contributed by atoms with van der Waals surface area (Å²) in [4.78, 5) is 0. The van der Waals surface area contributed by atoms with Crippen LogP contribution in [0.3, 0.4) is 0 Å². The Kier molecular flexibility index (Phi) is 6.38. The van der Waals surface area contributed by atoms with E-state index in [-0.39, 0.29) is 0 Å². The maximum absolute atomic E-state index is 8.09. The van der Waals surface area contributed by atoms with E-state index in [0.29, 0.717) is 6.54 Å². The van der Waals surface area contributed by atoms with Crippen molar-refractivity contribution in [1.82, 2.24) is 5.48 Å². The Morgan fingerprint density at radius 3 is 2.88 bits per heavy atom. The van der Waals surface area contributed by atoms with Gasteiger partial charge in [-0.15, -0.1) is 0 Å². The predicted octanol–water partition coefficient (Wildman–Crippen LogP) is 1.32.